The maximum absolute atomic E-state index is 2.33. The van der Waals surface area contributed by atoms with Crippen LogP contribution >= 0.6 is 0 Å². The Bertz CT molecular complexity index is 154. The lowest BCUT2D eigenvalue weighted by Gasteiger charge is -2.28. The number of hydrogen-bond donors (Lipinski definition) is 0. The summed E-state index contributed by atoms with van der Waals surface area (Å²) in [6.07, 6.45) is 15.5. The van der Waals surface area contributed by atoms with E-state index in [4.69, 9.17) is 0 Å². The monoisotopic (exact) mass is 284 g/mol. The minimum absolute atomic E-state index is 0.311. The van der Waals surface area contributed by atoms with E-state index in [-0.39, 0.29) is 0 Å². The summed E-state index contributed by atoms with van der Waals surface area (Å²) < 4.78 is 0. The van der Waals surface area contributed by atoms with Gasteiger partial charge in [-0.25, -0.2) is 0 Å². The fraction of sp³-hybridized carbons (Fsp3) is 1.00. The van der Waals surface area contributed by atoms with Crippen LogP contribution in [0.25, 0.3) is 0 Å². The van der Waals surface area contributed by atoms with Crippen LogP contribution in [0.2, 0.25) is 23.2 Å². The normalized spacial score (nSPS) is 25.7. The maximum atomic E-state index is 2.33. The van der Waals surface area contributed by atoms with E-state index in [1.807, 2.05) is 0 Å². The van der Waals surface area contributed by atoms with Gasteiger partial charge in [-0.3, -0.25) is 0 Å². The van der Waals surface area contributed by atoms with Crippen LogP contribution in [-0.4, -0.2) is 19.0 Å². The van der Waals surface area contributed by atoms with E-state index in [0.29, 0.717) is 19.0 Å². The van der Waals surface area contributed by atoms with Crippen LogP contribution in [0.1, 0.15) is 78.1 Å². The highest BCUT2D eigenvalue weighted by atomic mass is 28.2. The molecule has 0 aliphatic heterocycles. The van der Waals surface area contributed by atoms with E-state index in [1.54, 1.807) is 50.6 Å². The molecule has 1 aliphatic carbocycles. The van der Waals surface area contributed by atoms with Crippen molar-refractivity contribution in [2.45, 2.75) is 101 Å². The summed E-state index contributed by atoms with van der Waals surface area (Å²) in [5.74, 6) is 0. The average Bonchev–Trinajstić information content (AvgIpc) is 2.41. The van der Waals surface area contributed by atoms with Gasteiger partial charge >= 0.3 is 0 Å². The van der Waals surface area contributed by atoms with Crippen LogP contribution in [0.3, 0.4) is 0 Å². The molecule has 108 valence electrons. The summed E-state index contributed by atoms with van der Waals surface area (Å²) >= 11 is 0. The zero-order chi connectivity index (χ0) is 13.1. The predicted octanol–water partition coefficient (Wildman–Crippen LogP) is 4.69. The fourth-order valence-electron chi connectivity index (χ4n) is 3.53. The molecule has 1 rings (SSSR count). The molecule has 0 aromatic rings. The van der Waals surface area contributed by atoms with Crippen molar-refractivity contribution in [2.75, 3.05) is 0 Å². The van der Waals surface area contributed by atoms with Gasteiger partial charge in [-0.05, 0) is 0 Å². The van der Waals surface area contributed by atoms with Gasteiger partial charge in [-0.1, -0.05) is 101 Å². The van der Waals surface area contributed by atoms with E-state index in [9.17, 15) is 0 Å². The molecule has 0 heterocycles. The van der Waals surface area contributed by atoms with Crippen molar-refractivity contribution in [3.8, 4) is 0 Å². The Balaban J connectivity index is 1.95. The summed E-state index contributed by atoms with van der Waals surface area (Å²) in [4.78, 5) is 0. The molecule has 0 aromatic carbocycles. The number of rotatable bonds is 10. The predicted molar refractivity (Wildman–Crippen MR) is 91.7 cm³/mol. The largest absolute Gasteiger partial charge is 0.0654 e. The molecule has 0 spiro atoms. The molecular formula is C16H36Si2. The second kappa shape index (κ2) is 11.3. The molecule has 0 radical (unpaired) electrons. The molecule has 2 heteroatoms. The lowest BCUT2D eigenvalue weighted by Crippen LogP contribution is -2.15. The zero-order valence-corrected chi connectivity index (χ0v) is 15.9. The Morgan fingerprint density at radius 1 is 0.667 bits per heavy atom. The Kier molecular flexibility index (Phi) is 10.3. The van der Waals surface area contributed by atoms with E-state index in [2.05, 4.69) is 13.8 Å². The van der Waals surface area contributed by atoms with Crippen molar-refractivity contribution >= 4 is 19.0 Å². The van der Waals surface area contributed by atoms with Gasteiger partial charge in [0.1, 0.15) is 0 Å². The van der Waals surface area contributed by atoms with Gasteiger partial charge in [0.25, 0.3) is 0 Å². The summed E-state index contributed by atoms with van der Waals surface area (Å²) in [5, 5.41) is 0. The molecule has 1 saturated carbocycles. The summed E-state index contributed by atoms with van der Waals surface area (Å²) in [6, 6.07) is 3.30. The van der Waals surface area contributed by atoms with E-state index >= 15 is 0 Å². The highest BCUT2D eigenvalue weighted by Crippen LogP contribution is 2.36. The van der Waals surface area contributed by atoms with Crippen LogP contribution in [0.4, 0.5) is 0 Å². The third-order valence-corrected chi connectivity index (χ3v) is 9.98. The first-order valence-electron chi connectivity index (χ1n) is 8.86. The van der Waals surface area contributed by atoms with E-state index in [1.165, 1.54) is 36.8 Å². The van der Waals surface area contributed by atoms with Gasteiger partial charge in [0, 0.05) is 19.0 Å². The van der Waals surface area contributed by atoms with Gasteiger partial charge in [-0.15, -0.1) is 0 Å². The van der Waals surface area contributed by atoms with E-state index in [0.717, 1.165) is 0 Å². The van der Waals surface area contributed by atoms with Gasteiger partial charge in [-0.2, -0.15) is 0 Å². The second-order valence-corrected chi connectivity index (χ2v) is 11.5. The van der Waals surface area contributed by atoms with Crippen LogP contribution < -0.4 is 0 Å². The first kappa shape index (κ1) is 16.5. The first-order chi connectivity index (χ1) is 8.86. The Labute approximate surface area is 120 Å². The molecule has 0 saturated heterocycles. The molecule has 1 fully saturated rings. The van der Waals surface area contributed by atoms with Crippen LogP contribution in [-0.2, 0) is 0 Å². The summed E-state index contributed by atoms with van der Waals surface area (Å²) in [6.45, 7) is 4.66. The molecular weight excluding hydrogens is 248 g/mol. The summed E-state index contributed by atoms with van der Waals surface area (Å²) in [5.41, 5.74) is 2.51. The fourth-order valence-corrected chi connectivity index (χ4v) is 8.07. The van der Waals surface area contributed by atoms with Crippen LogP contribution in [0.15, 0.2) is 0 Å². The zero-order valence-electron chi connectivity index (χ0n) is 13.1. The molecule has 0 amide bonds. The number of unbranched alkanes of at least 4 members (excludes halogenated alkanes) is 4. The Hall–Kier alpha value is 0.434. The van der Waals surface area contributed by atoms with Gasteiger partial charge in [0.15, 0.2) is 0 Å². The van der Waals surface area contributed by atoms with Crippen LogP contribution in [0.5, 0.6) is 0 Å². The molecule has 18 heavy (non-hydrogen) atoms. The van der Waals surface area contributed by atoms with Crippen molar-refractivity contribution in [3.63, 3.8) is 0 Å². The highest BCUT2D eigenvalue weighted by Gasteiger charge is 2.20. The molecule has 0 nitrogen and oxygen atoms in total. The molecule has 1 aliphatic rings. The molecule has 0 unspecified atom stereocenters. The highest BCUT2D eigenvalue weighted by molar-refractivity contribution is 6.39. The van der Waals surface area contributed by atoms with Gasteiger partial charge < -0.3 is 0 Å². The van der Waals surface area contributed by atoms with Crippen molar-refractivity contribution in [1.29, 1.82) is 0 Å². The smallest absolute Gasteiger partial charge is 0.0231 e. The van der Waals surface area contributed by atoms with E-state index < -0.39 is 0 Å². The SMILES string of the molecule is CCCCC[SiH2]C1CCC([SiH2]CCCCC)CC1. The van der Waals surface area contributed by atoms with Gasteiger partial charge in [0.2, 0.25) is 0 Å². The minimum Gasteiger partial charge on any atom is -0.0654 e. The summed E-state index contributed by atoms with van der Waals surface area (Å²) in [7, 11) is 0.621. The molecule has 0 N–H and O–H groups in total. The molecule has 0 atom stereocenters. The standard InChI is InChI=1S/C16H36Si2/c1-3-5-7-13-17-15-9-11-16(12-10-15)18-14-8-6-4-2/h15-16H,3-14,17-18H2,1-2H3. The first-order valence-corrected chi connectivity index (χ1v) is 12.5. The minimum atomic E-state index is 0.311. The number of hydrogen-bond acceptors (Lipinski definition) is 0. The van der Waals surface area contributed by atoms with Crippen molar-refractivity contribution < 1.29 is 0 Å². The van der Waals surface area contributed by atoms with Crippen LogP contribution in [0, 0.1) is 0 Å². The van der Waals surface area contributed by atoms with Crippen molar-refractivity contribution in [2.24, 2.45) is 0 Å². The maximum Gasteiger partial charge on any atom is 0.0231 e. The van der Waals surface area contributed by atoms with Crippen molar-refractivity contribution in [3.05, 3.63) is 0 Å². The third-order valence-electron chi connectivity index (χ3n) is 4.90. The second-order valence-electron chi connectivity index (χ2n) is 6.59. The van der Waals surface area contributed by atoms with Crippen molar-refractivity contribution in [1.82, 2.24) is 0 Å². The topological polar surface area (TPSA) is 0 Å². The lowest BCUT2D eigenvalue weighted by molar-refractivity contribution is 0.494. The Morgan fingerprint density at radius 3 is 1.39 bits per heavy atom. The van der Waals surface area contributed by atoms with Gasteiger partial charge in [0.05, 0.1) is 0 Å². The third kappa shape index (κ3) is 7.78. The lowest BCUT2D eigenvalue weighted by atomic mass is 9.99. The average molecular weight is 285 g/mol. The molecule has 0 aromatic heterocycles. The quantitative estimate of drug-likeness (QED) is 0.403. The Morgan fingerprint density at radius 2 is 1.06 bits per heavy atom. The molecule has 0 bridgehead atoms.